The Kier molecular flexibility index (Phi) is 7.14. The summed E-state index contributed by atoms with van der Waals surface area (Å²) in [6.45, 7) is 4.57. The molecular weight excluding hydrogens is 362 g/mol. The van der Waals surface area contributed by atoms with Crippen molar-refractivity contribution in [3.05, 3.63) is 41.5 Å². The molecule has 2 rings (SSSR count). The average Bonchev–Trinajstić information content (AvgIpc) is 2.68. The number of benzene rings is 2. The van der Waals surface area contributed by atoms with Gasteiger partial charge in [0.15, 0.2) is 23.0 Å². The standard InChI is InChI=1S/C21H25NO6/c1-5-27-17-10-8-14(19(22)20(17)26-4)11-15(21(23)24)13-7-9-16(25-3)18(12-13)28-6-2/h7-12H,5-6,22H2,1-4H3,(H,23,24)/b15-11+. The molecule has 0 aliphatic carbocycles. The number of carboxylic acid groups (broad SMARTS) is 1. The number of ether oxygens (including phenoxy) is 4. The number of nitrogen functional groups attached to an aromatic ring is 1. The largest absolute Gasteiger partial charge is 0.493 e. The lowest BCUT2D eigenvalue weighted by atomic mass is 10.0. The molecular formula is C21H25NO6. The molecule has 0 aromatic heterocycles. The van der Waals surface area contributed by atoms with Gasteiger partial charge >= 0.3 is 5.97 Å². The third-order valence-corrected chi connectivity index (χ3v) is 4.00. The van der Waals surface area contributed by atoms with Gasteiger partial charge in [-0.05, 0) is 49.8 Å². The van der Waals surface area contributed by atoms with Gasteiger partial charge in [0.05, 0.1) is 38.7 Å². The van der Waals surface area contributed by atoms with Crippen molar-refractivity contribution >= 4 is 23.3 Å². The van der Waals surface area contributed by atoms with Gasteiger partial charge in [-0.3, -0.25) is 0 Å². The zero-order valence-corrected chi connectivity index (χ0v) is 16.4. The fraction of sp³-hybridized carbons (Fsp3) is 0.286. The van der Waals surface area contributed by atoms with Crippen molar-refractivity contribution in [2.75, 3.05) is 33.2 Å². The SMILES string of the molecule is CCOc1cc(/C(=C\c2ccc(OCC)c(OC)c2N)C(=O)O)ccc1OC. The number of aliphatic carboxylic acids is 1. The summed E-state index contributed by atoms with van der Waals surface area (Å²) in [7, 11) is 3.01. The number of anilines is 1. The molecule has 0 spiro atoms. The van der Waals surface area contributed by atoms with E-state index < -0.39 is 5.97 Å². The van der Waals surface area contributed by atoms with Gasteiger partial charge in [-0.25, -0.2) is 4.79 Å². The van der Waals surface area contributed by atoms with Crippen LogP contribution in [0.5, 0.6) is 23.0 Å². The summed E-state index contributed by atoms with van der Waals surface area (Å²) in [5.41, 5.74) is 7.51. The van der Waals surface area contributed by atoms with Crippen LogP contribution < -0.4 is 24.7 Å². The van der Waals surface area contributed by atoms with Gasteiger partial charge in [0.25, 0.3) is 0 Å². The van der Waals surface area contributed by atoms with Gasteiger partial charge in [-0.1, -0.05) is 6.07 Å². The average molecular weight is 387 g/mol. The minimum absolute atomic E-state index is 0.0570. The minimum Gasteiger partial charge on any atom is -0.493 e. The van der Waals surface area contributed by atoms with Gasteiger partial charge in [0, 0.05) is 5.56 Å². The zero-order valence-electron chi connectivity index (χ0n) is 16.4. The molecule has 0 aliphatic rings. The molecule has 0 saturated carbocycles. The maximum absolute atomic E-state index is 11.9. The number of methoxy groups -OCH3 is 2. The molecule has 0 fully saturated rings. The number of hydrogen-bond acceptors (Lipinski definition) is 6. The Hall–Kier alpha value is -3.35. The Morgan fingerprint density at radius 2 is 1.64 bits per heavy atom. The number of hydrogen-bond donors (Lipinski definition) is 2. The van der Waals surface area contributed by atoms with Crippen molar-refractivity contribution in [1.82, 2.24) is 0 Å². The van der Waals surface area contributed by atoms with E-state index in [1.165, 1.54) is 20.3 Å². The summed E-state index contributed by atoms with van der Waals surface area (Å²) < 4.78 is 21.6. The highest BCUT2D eigenvalue weighted by molar-refractivity contribution is 6.21. The monoisotopic (exact) mass is 387 g/mol. The van der Waals surface area contributed by atoms with E-state index in [0.717, 1.165) is 0 Å². The lowest BCUT2D eigenvalue weighted by Gasteiger charge is -2.14. The van der Waals surface area contributed by atoms with E-state index in [1.807, 2.05) is 13.8 Å². The second-order valence-electron chi connectivity index (χ2n) is 5.69. The van der Waals surface area contributed by atoms with Crippen LogP contribution in [-0.4, -0.2) is 38.5 Å². The fourth-order valence-corrected chi connectivity index (χ4v) is 2.74. The van der Waals surface area contributed by atoms with Crippen LogP contribution in [-0.2, 0) is 4.79 Å². The lowest BCUT2D eigenvalue weighted by Crippen LogP contribution is -2.04. The van der Waals surface area contributed by atoms with Gasteiger partial charge < -0.3 is 29.8 Å². The van der Waals surface area contributed by atoms with Crippen LogP contribution in [0.4, 0.5) is 5.69 Å². The maximum Gasteiger partial charge on any atom is 0.336 e. The molecule has 0 heterocycles. The van der Waals surface area contributed by atoms with E-state index in [0.29, 0.717) is 53.0 Å². The Balaban J connectivity index is 2.57. The van der Waals surface area contributed by atoms with E-state index >= 15 is 0 Å². The molecule has 0 amide bonds. The maximum atomic E-state index is 11.9. The second-order valence-corrected chi connectivity index (χ2v) is 5.69. The molecule has 2 aromatic rings. The second kappa shape index (κ2) is 9.55. The van der Waals surface area contributed by atoms with Crippen LogP contribution in [0.2, 0.25) is 0 Å². The van der Waals surface area contributed by atoms with E-state index in [1.54, 1.807) is 30.3 Å². The number of carbonyl (C=O) groups is 1. The van der Waals surface area contributed by atoms with E-state index in [4.69, 9.17) is 24.7 Å². The van der Waals surface area contributed by atoms with E-state index in [-0.39, 0.29) is 5.57 Å². The van der Waals surface area contributed by atoms with Gasteiger partial charge in [0.2, 0.25) is 0 Å². The molecule has 3 N–H and O–H groups in total. The predicted molar refractivity (Wildman–Crippen MR) is 108 cm³/mol. The summed E-state index contributed by atoms with van der Waals surface area (Å²) in [6, 6.07) is 8.34. The third-order valence-electron chi connectivity index (χ3n) is 4.00. The highest BCUT2D eigenvalue weighted by atomic mass is 16.5. The van der Waals surface area contributed by atoms with Crippen molar-refractivity contribution in [2.45, 2.75) is 13.8 Å². The van der Waals surface area contributed by atoms with Crippen molar-refractivity contribution in [2.24, 2.45) is 0 Å². The molecule has 150 valence electrons. The molecule has 0 saturated heterocycles. The summed E-state index contributed by atoms with van der Waals surface area (Å²) in [6.07, 6.45) is 1.49. The van der Waals surface area contributed by atoms with Gasteiger partial charge in [-0.2, -0.15) is 0 Å². The molecule has 28 heavy (non-hydrogen) atoms. The first-order chi connectivity index (χ1) is 13.5. The fourth-order valence-electron chi connectivity index (χ4n) is 2.74. The van der Waals surface area contributed by atoms with Crippen LogP contribution in [0.3, 0.4) is 0 Å². The number of rotatable bonds is 9. The lowest BCUT2D eigenvalue weighted by molar-refractivity contribution is -0.130. The van der Waals surface area contributed by atoms with Gasteiger partial charge in [0.1, 0.15) is 0 Å². The summed E-state index contributed by atoms with van der Waals surface area (Å²) in [4.78, 5) is 11.9. The normalized spacial score (nSPS) is 11.1. The van der Waals surface area contributed by atoms with Crippen LogP contribution in [0, 0.1) is 0 Å². The highest BCUT2D eigenvalue weighted by Crippen LogP contribution is 2.38. The first kappa shape index (κ1) is 21.0. The molecule has 0 unspecified atom stereocenters. The van der Waals surface area contributed by atoms with Crippen molar-refractivity contribution < 1.29 is 28.8 Å². The molecule has 7 heteroatoms. The number of nitrogens with two attached hydrogens (primary N) is 1. The smallest absolute Gasteiger partial charge is 0.336 e. The van der Waals surface area contributed by atoms with Crippen LogP contribution in [0.15, 0.2) is 30.3 Å². The first-order valence-corrected chi connectivity index (χ1v) is 8.82. The molecule has 0 aliphatic heterocycles. The van der Waals surface area contributed by atoms with Crippen molar-refractivity contribution in [3.8, 4) is 23.0 Å². The topological polar surface area (TPSA) is 100 Å². The highest BCUT2D eigenvalue weighted by Gasteiger charge is 2.17. The Morgan fingerprint density at radius 3 is 2.21 bits per heavy atom. The first-order valence-electron chi connectivity index (χ1n) is 8.82. The molecule has 0 radical (unpaired) electrons. The Bertz CT molecular complexity index is 875. The molecule has 7 nitrogen and oxygen atoms in total. The van der Waals surface area contributed by atoms with E-state index in [9.17, 15) is 9.90 Å². The molecule has 0 atom stereocenters. The van der Waals surface area contributed by atoms with Crippen LogP contribution in [0.1, 0.15) is 25.0 Å². The quantitative estimate of drug-likeness (QED) is 0.384. The van der Waals surface area contributed by atoms with Crippen LogP contribution in [0.25, 0.3) is 11.6 Å². The minimum atomic E-state index is -1.10. The van der Waals surface area contributed by atoms with Crippen molar-refractivity contribution in [3.63, 3.8) is 0 Å². The van der Waals surface area contributed by atoms with E-state index in [2.05, 4.69) is 0 Å². The summed E-state index contributed by atoms with van der Waals surface area (Å²) >= 11 is 0. The van der Waals surface area contributed by atoms with Crippen molar-refractivity contribution in [1.29, 1.82) is 0 Å². The van der Waals surface area contributed by atoms with Crippen LogP contribution >= 0.6 is 0 Å². The third kappa shape index (κ3) is 4.49. The predicted octanol–water partition coefficient (Wildman–Crippen LogP) is 3.71. The summed E-state index contributed by atoms with van der Waals surface area (Å²) in [5, 5.41) is 9.75. The summed E-state index contributed by atoms with van der Waals surface area (Å²) in [5.74, 6) is 0.758. The Morgan fingerprint density at radius 1 is 1.00 bits per heavy atom. The number of carboxylic acids is 1. The van der Waals surface area contributed by atoms with Gasteiger partial charge in [-0.15, -0.1) is 0 Å². The Labute approximate surface area is 164 Å². The molecule has 2 aromatic carbocycles. The molecule has 0 bridgehead atoms. The zero-order chi connectivity index (χ0) is 20.7.